The van der Waals surface area contributed by atoms with Crippen molar-refractivity contribution in [3.05, 3.63) is 12.2 Å². The van der Waals surface area contributed by atoms with Crippen LogP contribution in [-0.4, -0.2) is 5.78 Å². The van der Waals surface area contributed by atoms with Gasteiger partial charge in [0, 0.05) is 11.8 Å². The van der Waals surface area contributed by atoms with Crippen LogP contribution >= 0.6 is 0 Å². The van der Waals surface area contributed by atoms with Crippen molar-refractivity contribution in [2.45, 2.75) is 26.7 Å². The number of hydrogen-bond donors (Lipinski definition) is 0. The van der Waals surface area contributed by atoms with Crippen LogP contribution in [0.2, 0.25) is 0 Å². The summed E-state index contributed by atoms with van der Waals surface area (Å²) in [4.78, 5) is 11.3. The first-order chi connectivity index (χ1) is 5.05. The van der Waals surface area contributed by atoms with E-state index in [0.717, 1.165) is 12.8 Å². The van der Waals surface area contributed by atoms with Crippen LogP contribution in [0.25, 0.3) is 0 Å². The number of hydrogen-bond acceptors (Lipinski definition) is 1. The topological polar surface area (TPSA) is 17.1 Å². The van der Waals surface area contributed by atoms with Gasteiger partial charge in [0.1, 0.15) is 5.78 Å². The third-order valence-electron chi connectivity index (χ3n) is 3.70. The number of allylic oxidation sites excluding steroid dienone is 1. The number of Topliss-reactive ketones (excluding diaryl/α,β-unsaturated/α-hetero) is 1. The normalized spacial score (nSPS) is 48.9. The highest BCUT2D eigenvalue weighted by Gasteiger charge is 2.57. The molecule has 0 aromatic rings. The Kier molecular flexibility index (Phi) is 1.14. The molecule has 0 saturated heterocycles. The fraction of sp³-hybridized carbons (Fsp3) is 0.700. The van der Waals surface area contributed by atoms with Crippen molar-refractivity contribution in [1.29, 1.82) is 0 Å². The smallest absolute Gasteiger partial charge is 0.139 e. The summed E-state index contributed by atoms with van der Waals surface area (Å²) in [6.07, 6.45) is 1.74. The molecule has 2 saturated carbocycles. The van der Waals surface area contributed by atoms with E-state index in [-0.39, 0.29) is 5.41 Å². The van der Waals surface area contributed by atoms with Crippen molar-refractivity contribution >= 4 is 5.78 Å². The largest absolute Gasteiger partial charge is 0.299 e. The molecule has 2 rings (SSSR count). The molecule has 3 unspecified atom stereocenters. The van der Waals surface area contributed by atoms with Crippen LogP contribution in [0.4, 0.5) is 0 Å². The van der Waals surface area contributed by atoms with Gasteiger partial charge in [-0.1, -0.05) is 26.0 Å². The number of carbonyl (C=O) groups is 1. The van der Waals surface area contributed by atoms with Gasteiger partial charge in [-0.3, -0.25) is 4.79 Å². The molecule has 2 fully saturated rings. The van der Waals surface area contributed by atoms with E-state index in [9.17, 15) is 4.79 Å². The molecule has 0 aromatic heterocycles. The van der Waals surface area contributed by atoms with Gasteiger partial charge < -0.3 is 0 Å². The Morgan fingerprint density at radius 1 is 1.64 bits per heavy atom. The van der Waals surface area contributed by atoms with Crippen LogP contribution in [0.15, 0.2) is 12.2 Å². The Labute approximate surface area is 67.5 Å². The van der Waals surface area contributed by atoms with Crippen LogP contribution in [0, 0.1) is 17.3 Å². The van der Waals surface area contributed by atoms with E-state index in [2.05, 4.69) is 20.4 Å². The average molecular weight is 150 g/mol. The van der Waals surface area contributed by atoms with Crippen molar-refractivity contribution in [3.63, 3.8) is 0 Å². The summed E-state index contributed by atoms with van der Waals surface area (Å²) in [5.41, 5.74) is 1.28. The fourth-order valence-electron chi connectivity index (χ4n) is 2.61. The van der Waals surface area contributed by atoms with Crippen LogP contribution in [-0.2, 0) is 4.79 Å². The zero-order valence-corrected chi connectivity index (χ0v) is 7.18. The third-order valence-corrected chi connectivity index (χ3v) is 3.70. The predicted molar refractivity (Wildman–Crippen MR) is 44.1 cm³/mol. The number of ketones is 1. The molecule has 0 aliphatic heterocycles. The van der Waals surface area contributed by atoms with Gasteiger partial charge in [0.15, 0.2) is 0 Å². The quantitative estimate of drug-likeness (QED) is 0.484. The second-order valence-electron chi connectivity index (χ2n) is 4.27. The van der Waals surface area contributed by atoms with E-state index in [4.69, 9.17) is 0 Å². The van der Waals surface area contributed by atoms with Gasteiger partial charge >= 0.3 is 0 Å². The highest BCUT2D eigenvalue weighted by Crippen LogP contribution is 2.58. The van der Waals surface area contributed by atoms with E-state index < -0.39 is 0 Å². The minimum atomic E-state index is -0.00347. The SMILES string of the molecule is C=C1CC2(C)C(=O)CC2C1C. The molecule has 0 spiro atoms. The van der Waals surface area contributed by atoms with E-state index >= 15 is 0 Å². The monoisotopic (exact) mass is 150 g/mol. The summed E-state index contributed by atoms with van der Waals surface area (Å²) >= 11 is 0. The van der Waals surface area contributed by atoms with Gasteiger partial charge in [-0.15, -0.1) is 0 Å². The lowest BCUT2D eigenvalue weighted by atomic mass is 9.60. The molecule has 0 N–H and O–H groups in total. The molecular formula is C10H14O. The summed E-state index contributed by atoms with van der Waals surface area (Å²) in [5.74, 6) is 1.65. The van der Waals surface area contributed by atoms with Gasteiger partial charge in [-0.05, 0) is 18.3 Å². The minimum absolute atomic E-state index is 0.00347. The van der Waals surface area contributed by atoms with Gasteiger partial charge in [0.05, 0.1) is 0 Å². The van der Waals surface area contributed by atoms with Crippen LogP contribution in [0.3, 0.4) is 0 Å². The molecule has 0 radical (unpaired) electrons. The van der Waals surface area contributed by atoms with Gasteiger partial charge in [-0.2, -0.15) is 0 Å². The Bertz CT molecular complexity index is 241. The van der Waals surface area contributed by atoms with Gasteiger partial charge in [-0.25, -0.2) is 0 Å². The first kappa shape index (κ1) is 7.08. The molecule has 2 aliphatic carbocycles. The van der Waals surface area contributed by atoms with Crippen molar-refractivity contribution in [2.75, 3.05) is 0 Å². The summed E-state index contributed by atoms with van der Waals surface area (Å²) < 4.78 is 0. The van der Waals surface area contributed by atoms with Crippen molar-refractivity contribution < 1.29 is 4.79 Å². The van der Waals surface area contributed by atoms with Crippen molar-refractivity contribution in [3.8, 4) is 0 Å². The highest BCUT2D eigenvalue weighted by atomic mass is 16.1. The van der Waals surface area contributed by atoms with Gasteiger partial charge in [0.2, 0.25) is 0 Å². The minimum Gasteiger partial charge on any atom is -0.299 e. The number of carbonyl (C=O) groups excluding carboxylic acids is 1. The molecule has 1 nitrogen and oxygen atoms in total. The summed E-state index contributed by atoms with van der Waals surface area (Å²) in [6, 6.07) is 0. The summed E-state index contributed by atoms with van der Waals surface area (Å²) in [5, 5.41) is 0. The lowest BCUT2D eigenvalue weighted by Gasteiger charge is -2.41. The van der Waals surface area contributed by atoms with Crippen LogP contribution < -0.4 is 0 Å². The molecule has 1 heteroatoms. The maximum absolute atomic E-state index is 11.3. The van der Waals surface area contributed by atoms with Gasteiger partial charge in [0.25, 0.3) is 0 Å². The zero-order chi connectivity index (χ0) is 8.22. The molecule has 0 aromatic carbocycles. The Morgan fingerprint density at radius 2 is 2.27 bits per heavy atom. The Balaban J connectivity index is 2.32. The van der Waals surface area contributed by atoms with E-state index in [1.54, 1.807) is 0 Å². The lowest BCUT2D eigenvalue weighted by molar-refractivity contribution is -0.142. The third kappa shape index (κ3) is 0.640. The Hall–Kier alpha value is -0.590. The zero-order valence-electron chi connectivity index (χ0n) is 7.18. The van der Waals surface area contributed by atoms with Crippen molar-refractivity contribution in [1.82, 2.24) is 0 Å². The van der Waals surface area contributed by atoms with Crippen LogP contribution in [0.1, 0.15) is 26.7 Å². The number of rotatable bonds is 0. The predicted octanol–water partition coefficient (Wildman–Crippen LogP) is 2.18. The maximum atomic E-state index is 11.3. The molecule has 0 heterocycles. The first-order valence-corrected chi connectivity index (χ1v) is 4.26. The summed E-state index contributed by atoms with van der Waals surface area (Å²) in [6.45, 7) is 8.30. The average Bonchev–Trinajstić information content (AvgIpc) is 2.12. The van der Waals surface area contributed by atoms with E-state index in [1.807, 2.05) is 0 Å². The van der Waals surface area contributed by atoms with Crippen LogP contribution in [0.5, 0.6) is 0 Å². The fourth-order valence-corrected chi connectivity index (χ4v) is 2.61. The highest BCUT2D eigenvalue weighted by molar-refractivity contribution is 5.92. The molecule has 2 aliphatic rings. The molecule has 0 amide bonds. The number of fused-ring (bicyclic) bond motifs is 1. The lowest BCUT2D eigenvalue weighted by Crippen LogP contribution is -2.45. The van der Waals surface area contributed by atoms with E-state index in [1.165, 1.54) is 5.57 Å². The first-order valence-electron chi connectivity index (χ1n) is 4.26. The van der Waals surface area contributed by atoms with E-state index in [0.29, 0.717) is 17.6 Å². The second-order valence-corrected chi connectivity index (χ2v) is 4.27. The molecule has 11 heavy (non-hydrogen) atoms. The molecule has 0 bridgehead atoms. The standard InChI is InChI=1S/C10H14O/c1-6-5-10(3)8(7(6)2)4-9(10)11/h7-8H,1,4-5H2,2-3H3. The molecule has 3 atom stereocenters. The Morgan fingerprint density at radius 3 is 2.64 bits per heavy atom. The second kappa shape index (κ2) is 1.77. The molecular weight excluding hydrogens is 136 g/mol. The molecule has 60 valence electrons. The maximum Gasteiger partial charge on any atom is 0.139 e. The summed E-state index contributed by atoms with van der Waals surface area (Å²) in [7, 11) is 0. The van der Waals surface area contributed by atoms with Crippen molar-refractivity contribution in [2.24, 2.45) is 17.3 Å².